The summed E-state index contributed by atoms with van der Waals surface area (Å²) in [6.07, 6.45) is 7.56. The zero-order valence-corrected chi connectivity index (χ0v) is 37.5. The molecular formula is C46H55Cl2N10O5+. The maximum Gasteiger partial charge on any atom is 0.318 e. The number of rotatable bonds is 16. The number of benzene rings is 3. The van der Waals surface area contributed by atoms with Gasteiger partial charge in [-0.3, -0.25) is 19.1 Å². The number of nitrogens with zero attached hydrogens (tertiary/aromatic N) is 9. The number of tetrazole rings is 1. The van der Waals surface area contributed by atoms with E-state index in [0.717, 1.165) is 55.7 Å². The molecule has 2 aromatic heterocycles. The van der Waals surface area contributed by atoms with Crippen molar-refractivity contribution < 1.29 is 23.9 Å². The van der Waals surface area contributed by atoms with Gasteiger partial charge in [-0.1, -0.05) is 59.6 Å². The molecule has 2 fully saturated rings. The predicted octanol–water partition coefficient (Wildman–Crippen LogP) is 6.60. The number of methoxy groups -OCH3 is 1. The highest BCUT2D eigenvalue weighted by molar-refractivity contribution is 6.42. The van der Waals surface area contributed by atoms with E-state index in [1.807, 2.05) is 60.5 Å². The van der Waals surface area contributed by atoms with E-state index in [9.17, 15) is 14.4 Å². The number of amides is 3. The van der Waals surface area contributed by atoms with Crippen molar-refractivity contribution in [2.45, 2.75) is 44.1 Å². The van der Waals surface area contributed by atoms with Crippen LogP contribution < -0.4 is 14.5 Å². The standard InChI is InChI=1S/C46H54Cl2N10O5/c1-4-63-43(59)17-26-58(38-11-8-20-49-31-38)27-24-56(25-28-58)45(61)51-46(36-9-6-5-7-10-36)18-22-55(23-19-46)21-16-35(34-12-14-40(47)41(48)29-34)32-54(2)44(60)39-30-37(13-15-42(39)62-3)57-33-50-52-53-57/h5-15,20,29-31,33,35H,4,16-19,21-28,32H2,1-3H3/p+1. The molecule has 0 saturated carbocycles. The largest absolute Gasteiger partial charge is 0.496 e. The van der Waals surface area contributed by atoms with Crippen LogP contribution in [0.15, 0.2) is 97.6 Å². The van der Waals surface area contributed by atoms with Crippen molar-refractivity contribution in [3.8, 4) is 11.4 Å². The van der Waals surface area contributed by atoms with Crippen LogP contribution >= 0.6 is 23.2 Å². The van der Waals surface area contributed by atoms with Gasteiger partial charge in [0.05, 0.1) is 72.8 Å². The van der Waals surface area contributed by atoms with Gasteiger partial charge < -0.3 is 29.5 Å². The lowest BCUT2D eigenvalue weighted by molar-refractivity contribution is -0.143. The van der Waals surface area contributed by atoms with Crippen molar-refractivity contribution in [1.82, 2.24) is 49.7 Å². The normalized spacial score (nSPS) is 16.5. The number of urea groups is 1. The van der Waals surface area contributed by atoms with E-state index >= 15 is 0 Å². The van der Waals surface area contributed by atoms with Crippen LogP contribution in [0.3, 0.4) is 0 Å². The van der Waals surface area contributed by atoms with E-state index in [-0.39, 0.29) is 23.8 Å². The smallest absolute Gasteiger partial charge is 0.318 e. The quantitative estimate of drug-likeness (QED) is 0.0850. The van der Waals surface area contributed by atoms with Crippen molar-refractivity contribution in [2.24, 2.45) is 0 Å². The average Bonchev–Trinajstić information content (AvgIpc) is 3.87. The molecule has 7 rings (SSSR count). The van der Waals surface area contributed by atoms with Crippen molar-refractivity contribution in [1.29, 1.82) is 0 Å². The van der Waals surface area contributed by atoms with Crippen LogP contribution in [0, 0.1) is 0 Å². The minimum atomic E-state index is -0.558. The number of hydrogen-bond acceptors (Lipinski definition) is 10. The molecule has 5 aromatic rings. The second-order valence-corrected chi connectivity index (χ2v) is 17.1. The highest BCUT2D eigenvalue weighted by atomic mass is 35.5. The van der Waals surface area contributed by atoms with E-state index in [4.69, 9.17) is 32.7 Å². The SMILES string of the molecule is CCOC(=O)CC[N+]1(c2cccnc2)CCN(C(=O)NC2(c3ccccc3)CCN(CCC(CN(C)C(=O)c3cc(-n4cnnn4)ccc3OC)c3ccc(Cl)c(Cl)c3)CC2)CC1. The number of hydrogen-bond donors (Lipinski definition) is 1. The molecule has 0 aliphatic carbocycles. The minimum Gasteiger partial charge on any atom is -0.496 e. The molecule has 2 saturated heterocycles. The second kappa shape index (κ2) is 20.7. The third kappa shape index (κ3) is 10.8. The number of piperidine rings is 1. The van der Waals surface area contributed by atoms with Gasteiger partial charge >= 0.3 is 12.0 Å². The highest BCUT2D eigenvalue weighted by Gasteiger charge is 2.42. The third-order valence-corrected chi connectivity index (χ3v) is 13.3. The Labute approximate surface area is 378 Å². The summed E-state index contributed by atoms with van der Waals surface area (Å²) in [4.78, 5) is 51.2. The first-order chi connectivity index (χ1) is 30.5. The first-order valence-corrected chi connectivity index (χ1v) is 22.2. The van der Waals surface area contributed by atoms with Gasteiger partial charge in [0, 0.05) is 44.9 Å². The maximum absolute atomic E-state index is 14.3. The lowest BCUT2D eigenvalue weighted by atomic mass is 9.80. The fraction of sp³-hybridized carbons (Fsp3) is 0.413. The molecule has 63 heavy (non-hydrogen) atoms. The van der Waals surface area contributed by atoms with E-state index in [1.165, 1.54) is 18.1 Å². The molecule has 332 valence electrons. The van der Waals surface area contributed by atoms with Gasteiger partial charge in [0.15, 0.2) is 5.69 Å². The molecule has 17 heteroatoms. The monoisotopic (exact) mass is 897 g/mol. The summed E-state index contributed by atoms with van der Waals surface area (Å²) >= 11 is 12.9. The molecule has 3 amide bonds. The topological polar surface area (TPSA) is 148 Å². The summed E-state index contributed by atoms with van der Waals surface area (Å²) in [6.45, 7) is 7.80. The number of ether oxygens (including phenoxy) is 2. The number of carbonyl (C=O) groups excluding carboxylic acids is 3. The molecule has 15 nitrogen and oxygen atoms in total. The van der Waals surface area contributed by atoms with Crippen molar-refractivity contribution in [3.05, 3.63) is 124 Å². The first-order valence-electron chi connectivity index (χ1n) is 21.4. The number of quaternary nitrogens is 1. The van der Waals surface area contributed by atoms with Crippen LogP contribution in [0.5, 0.6) is 5.75 Å². The van der Waals surface area contributed by atoms with Crippen LogP contribution in [0.1, 0.15) is 60.0 Å². The van der Waals surface area contributed by atoms with E-state index in [1.54, 1.807) is 42.4 Å². The van der Waals surface area contributed by atoms with Crippen LogP contribution in [-0.2, 0) is 15.1 Å². The van der Waals surface area contributed by atoms with Gasteiger partial charge in [0.25, 0.3) is 5.91 Å². The van der Waals surface area contributed by atoms with Gasteiger partial charge in [-0.15, -0.1) is 5.10 Å². The second-order valence-electron chi connectivity index (χ2n) is 16.3. The summed E-state index contributed by atoms with van der Waals surface area (Å²) in [5.41, 5.74) is 3.56. The Kier molecular flexibility index (Phi) is 14.9. The molecule has 1 N–H and O–H groups in total. The molecular weight excluding hydrogens is 843 g/mol. The number of halogens is 2. The zero-order valence-electron chi connectivity index (χ0n) is 36.0. The van der Waals surface area contributed by atoms with E-state index in [0.29, 0.717) is 83.8 Å². The zero-order chi connectivity index (χ0) is 44.4. The molecule has 0 bridgehead atoms. The van der Waals surface area contributed by atoms with Crippen molar-refractivity contribution >= 4 is 46.8 Å². The lowest BCUT2D eigenvalue weighted by Crippen LogP contribution is -2.65. The molecule has 2 aliphatic heterocycles. The van der Waals surface area contributed by atoms with Crippen LogP contribution in [0.2, 0.25) is 10.0 Å². The minimum absolute atomic E-state index is 0.0727. The van der Waals surface area contributed by atoms with Crippen LogP contribution in [-0.4, -0.2) is 137 Å². The summed E-state index contributed by atoms with van der Waals surface area (Å²) in [5.74, 6) is -0.0545. The summed E-state index contributed by atoms with van der Waals surface area (Å²) in [6, 6.07) is 25.0. The Bertz CT molecular complexity index is 2310. The van der Waals surface area contributed by atoms with E-state index in [2.05, 4.69) is 42.9 Å². The van der Waals surface area contributed by atoms with E-state index < -0.39 is 5.54 Å². The highest BCUT2D eigenvalue weighted by Crippen LogP contribution is 2.36. The van der Waals surface area contributed by atoms with Gasteiger partial charge in [0.1, 0.15) is 25.2 Å². The number of piperazine rings is 1. The number of pyridine rings is 1. The number of nitrogens with one attached hydrogen (secondary N) is 1. The average molecular weight is 899 g/mol. The fourth-order valence-electron chi connectivity index (χ4n) is 8.89. The molecule has 0 spiro atoms. The molecule has 1 unspecified atom stereocenters. The van der Waals surface area contributed by atoms with Gasteiger partial charge in [-0.2, -0.15) is 0 Å². The molecule has 2 aliphatic rings. The lowest BCUT2D eigenvalue weighted by Gasteiger charge is -2.46. The summed E-state index contributed by atoms with van der Waals surface area (Å²) in [5, 5.41) is 15.9. The number of likely N-dealkylation sites (N-methyl/N-ethyl adjacent to an activating group) is 1. The Balaban J connectivity index is 1.02. The number of esters is 1. The number of carbonyl (C=O) groups is 3. The van der Waals surface area contributed by atoms with Crippen LogP contribution in [0.4, 0.5) is 10.5 Å². The maximum atomic E-state index is 14.3. The molecule has 4 heterocycles. The van der Waals surface area contributed by atoms with Gasteiger partial charge in [0.2, 0.25) is 0 Å². The number of aromatic nitrogens is 5. The Morgan fingerprint density at radius 2 is 1.73 bits per heavy atom. The van der Waals surface area contributed by atoms with Gasteiger partial charge in [-0.05, 0) is 90.7 Å². The first kappa shape index (κ1) is 45.4. The number of likely N-dealkylation sites (tertiary alicyclic amines) is 1. The third-order valence-electron chi connectivity index (χ3n) is 12.6. The predicted molar refractivity (Wildman–Crippen MR) is 242 cm³/mol. The Hall–Kier alpha value is -5.61. The molecule has 0 radical (unpaired) electrons. The van der Waals surface area contributed by atoms with Crippen molar-refractivity contribution in [2.75, 3.05) is 79.7 Å². The summed E-state index contributed by atoms with van der Waals surface area (Å²) in [7, 11) is 3.33. The molecule has 1 atom stereocenters. The fourth-order valence-corrected chi connectivity index (χ4v) is 9.20. The van der Waals surface area contributed by atoms with Crippen LogP contribution in [0.25, 0.3) is 5.69 Å². The molecule has 3 aromatic carbocycles. The Morgan fingerprint density at radius 1 is 0.952 bits per heavy atom. The Morgan fingerprint density at radius 3 is 2.40 bits per heavy atom. The summed E-state index contributed by atoms with van der Waals surface area (Å²) < 4.78 is 12.9. The van der Waals surface area contributed by atoms with Crippen molar-refractivity contribution in [3.63, 3.8) is 0 Å². The van der Waals surface area contributed by atoms with Gasteiger partial charge in [-0.25, -0.2) is 9.48 Å².